The number of benzene rings is 3. The normalized spacial score (nSPS) is 12.0. The molecule has 0 fully saturated rings. The Hall–Kier alpha value is -3.00. The Bertz CT molecular complexity index is 1030. The highest BCUT2D eigenvalue weighted by Gasteiger charge is 2.30. The fraction of sp³-hybridized carbons (Fsp3) is 0.130. The first kappa shape index (κ1) is 15.5. The van der Waals surface area contributed by atoms with Crippen molar-refractivity contribution in [2.24, 2.45) is 0 Å². The van der Waals surface area contributed by atoms with Gasteiger partial charge in [-0.15, -0.1) is 0 Å². The zero-order chi connectivity index (χ0) is 17.7. The van der Waals surface area contributed by atoms with Crippen LogP contribution in [0.2, 0.25) is 0 Å². The summed E-state index contributed by atoms with van der Waals surface area (Å²) in [4.78, 5) is 26.0. The van der Waals surface area contributed by atoms with Crippen molar-refractivity contribution in [3.8, 4) is 11.1 Å². The second-order valence-electron chi connectivity index (χ2n) is 6.71. The first-order valence-electron chi connectivity index (χ1n) is 8.38. The molecule has 3 aromatic carbocycles. The number of ketones is 2. The average Bonchev–Trinajstić information content (AvgIpc) is 2.87. The van der Waals surface area contributed by atoms with Crippen molar-refractivity contribution in [1.82, 2.24) is 0 Å². The minimum atomic E-state index is -0.0173. The van der Waals surface area contributed by atoms with Crippen LogP contribution in [0.15, 0.2) is 54.6 Å². The molecule has 0 saturated carbocycles. The van der Waals surface area contributed by atoms with Gasteiger partial charge in [0.05, 0.1) is 0 Å². The Balaban J connectivity index is 1.97. The summed E-state index contributed by atoms with van der Waals surface area (Å²) < 4.78 is 0. The van der Waals surface area contributed by atoms with Gasteiger partial charge in [0.15, 0.2) is 11.6 Å². The number of hydrogen-bond donors (Lipinski definition) is 0. The van der Waals surface area contributed by atoms with E-state index in [2.05, 4.69) is 0 Å². The Kier molecular flexibility index (Phi) is 3.43. The van der Waals surface area contributed by atoms with Gasteiger partial charge >= 0.3 is 0 Å². The van der Waals surface area contributed by atoms with Crippen LogP contribution in [0.3, 0.4) is 0 Å². The molecule has 0 N–H and O–H groups in total. The van der Waals surface area contributed by atoms with Crippen LogP contribution in [0.1, 0.15) is 48.5 Å². The molecular weight excluding hydrogens is 308 g/mol. The Morgan fingerprint density at radius 3 is 2.04 bits per heavy atom. The van der Waals surface area contributed by atoms with Crippen LogP contribution < -0.4 is 0 Å². The largest absolute Gasteiger partial charge is 0.289 e. The lowest BCUT2D eigenvalue weighted by Crippen LogP contribution is -2.09. The summed E-state index contributed by atoms with van der Waals surface area (Å²) >= 11 is 0. The molecule has 1 aliphatic rings. The van der Waals surface area contributed by atoms with E-state index in [1.807, 2.05) is 69.3 Å². The van der Waals surface area contributed by atoms with Gasteiger partial charge in [0, 0.05) is 27.8 Å². The molecule has 25 heavy (non-hydrogen) atoms. The highest BCUT2D eigenvalue weighted by Crippen LogP contribution is 2.39. The third-order valence-electron chi connectivity index (χ3n) is 4.90. The van der Waals surface area contributed by atoms with Gasteiger partial charge < -0.3 is 0 Å². The van der Waals surface area contributed by atoms with Gasteiger partial charge in [-0.25, -0.2) is 0 Å². The van der Waals surface area contributed by atoms with Crippen molar-refractivity contribution >= 4 is 11.6 Å². The molecule has 122 valence electrons. The van der Waals surface area contributed by atoms with Crippen LogP contribution in [0.25, 0.3) is 11.1 Å². The van der Waals surface area contributed by atoms with Crippen molar-refractivity contribution in [2.45, 2.75) is 20.8 Å². The quantitative estimate of drug-likeness (QED) is 0.483. The maximum absolute atomic E-state index is 13.4. The van der Waals surface area contributed by atoms with Crippen LogP contribution in [0, 0.1) is 20.8 Å². The van der Waals surface area contributed by atoms with Gasteiger partial charge in [0.2, 0.25) is 0 Å². The van der Waals surface area contributed by atoms with Gasteiger partial charge in [-0.2, -0.15) is 0 Å². The van der Waals surface area contributed by atoms with Gasteiger partial charge in [0.25, 0.3) is 0 Å². The van der Waals surface area contributed by atoms with Crippen LogP contribution in [0.4, 0.5) is 0 Å². The highest BCUT2D eigenvalue weighted by molar-refractivity contribution is 6.26. The summed E-state index contributed by atoms with van der Waals surface area (Å²) in [5, 5.41) is 0. The molecule has 0 amide bonds. The monoisotopic (exact) mass is 326 g/mol. The molecule has 0 aliphatic heterocycles. The topological polar surface area (TPSA) is 34.1 Å². The third kappa shape index (κ3) is 2.25. The smallest absolute Gasteiger partial charge is 0.194 e. The Morgan fingerprint density at radius 2 is 1.36 bits per heavy atom. The van der Waals surface area contributed by atoms with Crippen molar-refractivity contribution in [3.05, 3.63) is 93.5 Å². The first-order chi connectivity index (χ1) is 12.0. The summed E-state index contributed by atoms with van der Waals surface area (Å²) in [5.74, 6) is -0.0195. The lowest BCUT2D eigenvalue weighted by atomic mass is 9.89. The second kappa shape index (κ2) is 5.52. The van der Waals surface area contributed by atoms with Crippen molar-refractivity contribution in [3.63, 3.8) is 0 Å². The predicted octanol–water partition coefficient (Wildman–Crippen LogP) is 5.05. The van der Waals surface area contributed by atoms with Crippen molar-refractivity contribution in [1.29, 1.82) is 0 Å². The number of fused-ring (bicyclic) bond motifs is 3. The van der Waals surface area contributed by atoms with Crippen molar-refractivity contribution < 1.29 is 9.59 Å². The van der Waals surface area contributed by atoms with E-state index in [9.17, 15) is 9.59 Å². The van der Waals surface area contributed by atoms with E-state index in [-0.39, 0.29) is 11.6 Å². The standard InChI is InChI=1S/C23H18O2/c1-13-11-14(2)20(15(3)12-13)23(25)19-10-6-9-18-21(19)16-7-4-5-8-17(16)22(18)24/h4-12H,1-3H3. The zero-order valence-corrected chi connectivity index (χ0v) is 14.5. The van der Waals surface area contributed by atoms with Crippen molar-refractivity contribution in [2.75, 3.05) is 0 Å². The van der Waals surface area contributed by atoms with Crippen LogP contribution in [0.5, 0.6) is 0 Å². The lowest BCUT2D eigenvalue weighted by molar-refractivity contribution is 0.103. The molecule has 0 aromatic heterocycles. The lowest BCUT2D eigenvalue weighted by Gasteiger charge is -2.13. The molecule has 0 atom stereocenters. The third-order valence-corrected chi connectivity index (χ3v) is 4.90. The Labute approximate surface area is 147 Å². The Morgan fingerprint density at radius 1 is 0.760 bits per heavy atom. The van der Waals surface area contributed by atoms with Gasteiger partial charge in [-0.1, -0.05) is 60.2 Å². The molecule has 2 nitrogen and oxygen atoms in total. The van der Waals surface area contributed by atoms with Crippen LogP contribution in [-0.2, 0) is 0 Å². The number of aryl methyl sites for hydroxylation is 3. The van der Waals surface area contributed by atoms with Gasteiger partial charge in [-0.3, -0.25) is 9.59 Å². The molecule has 0 saturated heterocycles. The van der Waals surface area contributed by atoms with E-state index in [0.717, 1.165) is 33.4 Å². The number of carbonyl (C=O) groups excluding carboxylic acids is 2. The molecule has 4 rings (SSSR count). The molecule has 1 aliphatic carbocycles. The second-order valence-corrected chi connectivity index (χ2v) is 6.71. The predicted molar refractivity (Wildman–Crippen MR) is 99.4 cm³/mol. The molecule has 0 heterocycles. The van der Waals surface area contributed by atoms with E-state index in [0.29, 0.717) is 16.7 Å². The summed E-state index contributed by atoms with van der Waals surface area (Å²) in [6, 6.07) is 17.0. The molecule has 0 unspecified atom stereocenters. The van der Waals surface area contributed by atoms with Crippen LogP contribution in [-0.4, -0.2) is 11.6 Å². The number of carbonyl (C=O) groups is 2. The molecular formula is C23H18O2. The van der Waals surface area contributed by atoms with E-state index in [1.54, 1.807) is 6.07 Å². The summed E-state index contributed by atoms with van der Waals surface area (Å²) in [5.41, 5.74) is 7.34. The minimum absolute atomic E-state index is 0.00222. The SMILES string of the molecule is Cc1cc(C)c(C(=O)c2cccc3c2-c2ccccc2C3=O)c(C)c1. The molecule has 2 heteroatoms. The maximum Gasteiger partial charge on any atom is 0.194 e. The molecule has 0 bridgehead atoms. The van der Waals surface area contributed by atoms with E-state index in [1.165, 1.54) is 0 Å². The maximum atomic E-state index is 13.4. The van der Waals surface area contributed by atoms with Gasteiger partial charge in [-0.05, 0) is 37.5 Å². The highest BCUT2D eigenvalue weighted by atomic mass is 16.1. The molecule has 3 aromatic rings. The summed E-state index contributed by atoms with van der Waals surface area (Å²) in [6.07, 6.45) is 0. The fourth-order valence-corrected chi connectivity index (χ4v) is 3.94. The van der Waals surface area contributed by atoms with E-state index >= 15 is 0 Å². The average molecular weight is 326 g/mol. The number of hydrogen-bond acceptors (Lipinski definition) is 2. The minimum Gasteiger partial charge on any atom is -0.289 e. The zero-order valence-electron chi connectivity index (χ0n) is 14.5. The van der Waals surface area contributed by atoms with E-state index in [4.69, 9.17) is 0 Å². The molecule has 0 radical (unpaired) electrons. The fourth-order valence-electron chi connectivity index (χ4n) is 3.94. The van der Waals surface area contributed by atoms with Gasteiger partial charge in [0.1, 0.15) is 0 Å². The van der Waals surface area contributed by atoms with E-state index < -0.39 is 0 Å². The van der Waals surface area contributed by atoms with Crippen LogP contribution >= 0.6 is 0 Å². The number of rotatable bonds is 2. The summed E-state index contributed by atoms with van der Waals surface area (Å²) in [6.45, 7) is 5.97. The first-order valence-corrected chi connectivity index (χ1v) is 8.38. The summed E-state index contributed by atoms with van der Waals surface area (Å²) in [7, 11) is 0. The molecule has 0 spiro atoms.